The molecule has 0 aromatic heterocycles. The van der Waals surface area contributed by atoms with Gasteiger partial charge in [-0.05, 0) is 30.2 Å². The molecule has 3 N–H and O–H groups in total. The van der Waals surface area contributed by atoms with Crippen LogP contribution in [0.15, 0.2) is 24.3 Å². The van der Waals surface area contributed by atoms with E-state index in [0.717, 1.165) is 17.9 Å². The van der Waals surface area contributed by atoms with Gasteiger partial charge in [0.2, 0.25) is 0 Å². The first-order chi connectivity index (χ1) is 7.61. The first kappa shape index (κ1) is 12.4. The van der Waals surface area contributed by atoms with Gasteiger partial charge in [-0.25, -0.2) is 4.79 Å². The molecule has 4 nitrogen and oxygen atoms in total. The van der Waals surface area contributed by atoms with Crippen LogP contribution < -0.4 is 16.0 Å². The predicted molar refractivity (Wildman–Crippen MR) is 67.8 cm³/mol. The fraction of sp³-hybridized carbons (Fsp3) is 0.417. The summed E-state index contributed by atoms with van der Waals surface area (Å²) in [7, 11) is 1.59. The Morgan fingerprint density at radius 3 is 2.25 bits per heavy atom. The highest BCUT2D eigenvalue weighted by atomic mass is 16.2. The molecule has 2 amide bonds. The molecule has 0 saturated heterocycles. The Morgan fingerprint density at radius 1 is 1.19 bits per heavy atom. The van der Waals surface area contributed by atoms with E-state index in [1.165, 1.54) is 0 Å². The van der Waals surface area contributed by atoms with Crippen LogP contribution in [0.2, 0.25) is 0 Å². The molecule has 0 saturated carbocycles. The number of carbonyl (C=O) groups excluding carboxylic acids is 1. The average Bonchev–Trinajstić information content (AvgIpc) is 2.28. The second kappa shape index (κ2) is 6.00. The van der Waals surface area contributed by atoms with Gasteiger partial charge in [0.1, 0.15) is 0 Å². The molecule has 0 atom stereocenters. The maximum absolute atomic E-state index is 11.0. The molecule has 0 aliphatic heterocycles. The van der Waals surface area contributed by atoms with Crippen molar-refractivity contribution < 1.29 is 4.79 Å². The fourth-order valence-corrected chi connectivity index (χ4v) is 1.19. The predicted octanol–water partition coefficient (Wildman–Crippen LogP) is 2.51. The molecule has 0 unspecified atom stereocenters. The summed E-state index contributed by atoms with van der Waals surface area (Å²) in [6, 6.07) is 7.44. The van der Waals surface area contributed by atoms with Crippen LogP contribution in [0.25, 0.3) is 0 Å². The smallest absolute Gasteiger partial charge is 0.318 e. The highest BCUT2D eigenvalue weighted by Crippen LogP contribution is 2.13. The van der Waals surface area contributed by atoms with E-state index in [1.54, 1.807) is 7.05 Å². The van der Waals surface area contributed by atoms with Crippen molar-refractivity contribution in [1.29, 1.82) is 0 Å². The van der Waals surface area contributed by atoms with Crippen molar-refractivity contribution in [1.82, 2.24) is 5.32 Å². The summed E-state index contributed by atoms with van der Waals surface area (Å²) in [5.74, 6) is 0.615. The van der Waals surface area contributed by atoms with E-state index in [-0.39, 0.29) is 6.03 Å². The molecule has 16 heavy (non-hydrogen) atoms. The fourth-order valence-electron chi connectivity index (χ4n) is 1.19. The van der Waals surface area contributed by atoms with Crippen molar-refractivity contribution in [3.05, 3.63) is 24.3 Å². The van der Waals surface area contributed by atoms with Gasteiger partial charge < -0.3 is 16.0 Å². The average molecular weight is 221 g/mol. The van der Waals surface area contributed by atoms with Crippen molar-refractivity contribution in [2.24, 2.45) is 5.92 Å². The monoisotopic (exact) mass is 221 g/mol. The van der Waals surface area contributed by atoms with Crippen molar-refractivity contribution >= 4 is 17.4 Å². The highest BCUT2D eigenvalue weighted by molar-refractivity contribution is 5.89. The Morgan fingerprint density at radius 2 is 1.75 bits per heavy atom. The van der Waals surface area contributed by atoms with Crippen molar-refractivity contribution in [2.75, 3.05) is 24.2 Å². The number of urea groups is 1. The van der Waals surface area contributed by atoms with Crippen LogP contribution in [0, 0.1) is 5.92 Å². The lowest BCUT2D eigenvalue weighted by molar-refractivity contribution is 0.254. The Labute approximate surface area is 96.4 Å². The third kappa shape index (κ3) is 4.21. The molecule has 1 aromatic carbocycles. The SMILES string of the molecule is CNC(=O)Nc1ccc(NCC(C)C)cc1. The zero-order valence-corrected chi connectivity index (χ0v) is 10.0. The summed E-state index contributed by atoms with van der Waals surface area (Å²) in [5.41, 5.74) is 1.85. The molecule has 4 heteroatoms. The van der Waals surface area contributed by atoms with Crippen LogP contribution >= 0.6 is 0 Å². The number of anilines is 2. The van der Waals surface area contributed by atoms with Gasteiger partial charge in [0.05, 0.1) is 0 Å². The number of benzene rings is 1. The van der Waals surface area contributed by atoms with Crippen LogP contribution in [-0.2, 0) is 0 Å². The van der Waals surface area contributed by atoms with Gasteiger partial charge in [-0.1, -0.05) is 13.8 Å². The second-order valence-corrected chi connectivity index (χ2v) is 4.06. The second-order valence-electron chi connectivity index (χ2n) is 4.06. The Balaban J connectivity index is 2.51. The normalized spacial score (nSPS) is 10.0. The van der Waals surface area contributed by atoms with Gasteiger partial charge in [-0.2, -0.15) is 0 Å². The third-order valence-electron chi connectivity index (χ3n) is 2.08. The molecule has 1 rings (SSSR count). The van der Waals surface area contributed by atoms with Gasteiger partial charge in [0.25, 0.3) is 0 Å². The van der Waals surface area contributed by atoms with Gasteiger partial charge in [-0.15, -0.1) is 0 Å². The van der Waals surface area contributed by atoms with Gasteiger partial charge in [-0.3, -0.25) is 0 Å². The summed E-state index contributed by atoms with van der Waals surface area (Å²) in [4.78, 5) is 11.0. The van der Waals surface area contributed by atoms with E-state index >= 15 is 0 Å². The molecular formula is C12H19N3O. The largest absolute Gasteiger partial charge is 0.385 e. The van der Waals surface area contributed by atoms with Crippen LogP contribution in [0.5, 0.6) is 0 Å². The number of carbonyl (C=O) groups is 1. The van der Waals surface area contributed by atoms with Crippen LogP contribution in [0.4, 0.5) is 16.2 Å². The number of amides is 2. The van der Waals surface area contributed by atoms with Gasteiger partial charge >= 0.3 is 6.03 Å². The number of hydrogen-bond acceptors (Lipinski definition) is 2. The van der Waals surface area contributed by atoms with Gasteiger partial charge in [0, 0.05) is 25.0 Å². The molecule has 1 aromatic rings. The molecule has 0 radical (unpaired) electrons. The molecular weight excluding hydrogens is 202 g/mol. The first-order valence-corrected chi connectivity index (χ1v) is 5.44. The highest BCUT2D eigenvalue weighted by Gasteiger charge is 1.98. The lowest BCUT2D eigenvalue weighted by Crippen LogP contribution is -2.24. The number of rotatable bonds is 4. The van der Waals surface area contributed by atoms with Crippen LogP contribution in [0.1, 0.15) is 13.8 Å². The van der Waals surface area contributed by atoms with Gasteiger partial charge in [0.15, 0.2) is 0 Å². The molecule has 0 aliphatic rings. The van der Waals surface area contributed by atoms with E-state index in [4.69, 9.17) is 0 Å². The Hall–Kier alpha value is -1.71. The Kier molecular flexibility index (Phi) is 4.64. The summed E-state index contributed by atoms with van der Waals surface area (Å²) in [5, 5.41) is 8.52. The molecule has 0 spiro atoms. The minimum absolute atomic E-state index is 0.206. The van der Waals surface area contributed by atoms with E-state index in [2.05, 4.69) is 29.8 Å². The molecule has 0 fully saturated rings. The van der Waals surface area contributed by atoms with Crippen LogP contribution in [-0.4, -0.2) is 19.6 Å². The van der Waals surface area contributed by atoms with Crippen molar-refractivity contribution in [2.45, 2.75) is 13.8 Å². The Bertz CT molecular complexity index is 333. The summed E-state index contributed by atoms with van der Waals surface area (Å²) in [6.07, 6.45) is 0. The minimum Gasteiger partial charge on any atom is -0.385 e. The number of hydrogen-bond donors (Lipinski definition) is 3. The first-order valence-electron chi connectivity index (χ1n) is 5.44. The van der Waals surface area contributed by atoms with E-state index in [1.807, 2.05) is 24.3 Å². The van der Waals surface area contributed by atoms with Crippen LogP contribution in [0.3, 0.4) is 0 Å². The maximum Gasteiger partial charge on any atom is 0.318 e. The van der Waals surface area contributed by atoms with Crippen molar-refractivity contribution in [3.8, 4) is 0 Å². The summed E-state index contributed by atoms with van der Waals surface area (Å²) >= 11 is 0. The standard InChI is InChI=1S/C12H19N3O/c1-9(2)8-14-10-4-6-11(7-5-10)15-12(16)13-3/h4-7,9,14H,8H2,1-3H3,(H2,13,15,16). The lowest BCUT2D eigenvalue weighted by Gasteiger charge is -2.10. The third-order valence-corrected chi connectivity index (χ3v) is 2.08. The maximum atomic E-state index is 11.0. The molecule has 88 valence electrons. The molecule has 0 heterocycles. The zero-order valence-electron chi connectivity index (χ0n) is 10.0. The zero-order chi connectivity index (χ0) is 12.0. The van der Waals surface area contributed by atoms with E-state index in [9.17, 15) is 4.79 Å². The number of nitrogens with one attached hydrogen (secondary N) is 3. The van der Waals surface area contributed by atoms with Crippen molar-refractivity contribution in [3.63, 3.8) is 0 Å². The molecule has 0 aliphatic carbocycles. The lowest BCUT2D eigenvalue weighted by atomic mass is 10.2. The summed E-state index contributed by atoms with van der Waals surface area (Å²) in [6.45, 7) is 5.27. The summed E-state index contributed by atoms with van der Waals surface area (Å²) < 4.78 is 0. The van der Waals surface area contributed by atoms with E-state index in [0.29, 0.717) is 5.92 Å². The quantitative estimate of drug-likeness (QED) is 0.731. The molecule has 0 bridgehead atoms. The van der Waals surface area contributed by atoms with E-state index < -0.39 is 0 Å². The topological polar surface area (TPSA) is 53.2 Å². The minimum atomic E-state index is -0.206.